The molecule has 3 radical (unpaired) electrons. The third-order valence-electron chi connectivity index (χ3n) is 3.12. The number of carbonyl (C=O) groups excluding carboxylic acids is 1. The van der Waals surface area contributed by atoms with Gasteiger partial charge in [-0.25, -0.2) is 4.39 Å². The van der Waals surface area contributed by atoms with E-state index in [1.807, 2.05) is 19.0 Å². The number of carbonyl (C=O) groups is 1. The van der Waals surface area contributed by atoms with Crippen LogP contribution >= 0.6 is 0 Å². The molecule has 0 spiro atoms. The van der Waals surface area contributed by atoms with Gasteiger partial charge in [0.25, 0.3) is 5.91 Å². The van der Waals surface area contributed by atoms with Gasteiger partial charge in [0.2, 0.25) is 0 Å². The normalized spacial score (nSPS) is 14.4. The van der Waals surface area contributed by atoms with E-state index in [1.165, 1.54) is 12.1 Å². The predicted octanol–water partition coefficient (Wildman–Crippen LogP) is 0.313. The van der Waals surface area contributed by atoms with Crippen molar-refractivity contribution in [3.8, 4) is 0 Å². The second-order valence-electron chi connectivity index (χ2n) is 4.76. The summed E-state index contributed by atoms with van der Waals surface area (Å²) >= 11 is 0. The highest BCUT2D eigenvalue weighted by atomic mass is 28.1. The van der Waals surface area contributed by atoms with Gasteiger partial charge in [-0.3, -0.25) is 4.79 Å². The zero-order chi connectivity index (χ0) is 14.6. The van der Waals surface area contributed by atoms with E-state index in [4.69, 9.17) is 11.5 Å². The van der Waals surface area contributed by atoms with E-state index < -0.39 is 11.7 Å². The van der Waals surface area contributed by atoms with Crippen molar-refractivity contribution >= 4 is 16.1 Å². The van der Waals surface area contributed by atoms with Gasteiger partial charge >= 0.3 is 0 Å². The van der Waals surface area contributed by atoms with Crippen molar-refractivity contribution in [3.05, 3.63) is 35.1 Å². The van der Waals surface area contributed by atoms with E-state index in [1.54, 1.807) is 6.07 Å². The summed E-state index contributed by atoms with van der Waals surface area (Å²) in [5.74, 6) is -1.34. The fourth-order valence-corrected chi connectivity index (χ4v) is 2.68. The van der Waals surface area contributed by atoms with E-state index in [0.717, 1.165) is 5.56 Å². The van der Waals surface area contributed by atoms with Crippen molar-refractivity contribution in [1.29, 1.82) is 0 Å². The molecule has 0 aliphatic heterocycles. The topological polar surface area (TPSA) is 72.3 Å². The number of rotatable bonds is 6. The molecule has 1 amide bonds. The number of likely N-dealkylation sites (N-methyl/N-ethyl adjacent to an activating group) is 1. The molecule has 19 heavy (non-hydrogen) atoms. The van der Waals surface area contributed by atoms with E-state index in [0.29, 0.717) is 13.0 Å². The molecule has 6 heteroatoms. The van der Waals surface area contributed by atoms with Crippen LogP contribution in [0.15, 0.2) is 18.2 Å². The lowest BCUT2D eigenvalue weighted by Gasteiger charge is -2.29. The van der Waals surface area contributed by atoms with Gasteiger partial charge in [-0.1, -0.05) is 6.07 Å². The third-order valence-corrected chi connectivity index (χ3v) is 3.71. The molecule has 4 nitrogen and oxygen atoms in total. The van der Waals surface area contributed by atoms with Gasteiger partial charge in [-0.05, 0) is 43.8 Å². The summed E-state index contributed by atoms with van der Waals surface area (Å²) in [6.45, 7) is 0.503. The monoisotopic (exact) mass is 280 g/mol. The fourth-order valence-electron chi connectivity index (χ4n) is 2.01. The van der Waals surface area contributed by atoms with Crippen LogP contribution in [0.4, 0.5) is 4.39 Å². The van der Waals surface area contributed by atoms with Gasteiger partial charge in [-0.2, -0.15) is 0 Å². The molecule has 0 unspecified atom stereocenters. The number of primary amides is 1. The number of nitrogens with two attached hydrogens (primary N) is 2. The van der Waals surface area contributed by atoms with Gasteiger partial charge in [0.15, 0.2) is 0 Å². The first-order valence-corrected chi connectivity index (χ1v) is 6.60. The van der Waals surface area contributed by atoms with Crippen molar-refractivity contribution in [1.82, 2.24) is 4.90 Å². The van der Waals surface area contributed by atoms with Gasteiger partial charge in [-0.15, -0.1) is 0 Å². The molecular weight excluding hydrogens is 261 g/mol. The Morgan fingerprint density at radius 2 is 2.11 bits per heavy atom. The second kappa shape index (κ2) is 6.79. The van der Waals surface area contributed by atoms with Crippen LogP contribution in [0.25, 0.3) is 0 Å². The van der Waals surface area contributed by atoms with Crippen molar-refractivity contribution in [2.45, 2.75) is 18.0 Å². The van der Waals surface area contributed by atoms with E-state index in [2.05, 4.69) is 10.2 Å². The van der Waals surface area contributed by atoms with Crippen LogP contribution in [0.2, 0.25) is 5.54 Å². The molecule has 2 atom stereocenters. The number of hydrogen-bond donors (Lipinski definition) is 2. The standard InChI is InChI=1S/C13H19FN3OSi/c1-17(2)11(7-15)12(19)6-8-3-4-9(13(16)18)10(14)5-8/h3-5,11-12H,6-7,15H2,1-2H3,(H2,16,18)/t11-,12-/m1/s1. The summed E-state index contributed by atoms with van der Waals surface area (Å²) in [7, 11) is 7.53. The lowest BCUT2D eigenvalue weighted by atomic mass is 10.0. The highest BCUT2D eigenvalue weighted by Gasteiger charge is 2.19. The number of nitrogens with zero attached hydrogens (tertiary/aromatic N) is 1. The van der Waals surface area contributed by atoms with Crippen molar-refractivity contribution in [2.75, 3.05) is 20.6 Å². The van der Waals surface area contributed by atoms with Crippen LogP contribution in [0.3, 0.4) is 0 Å². The maximum Gasteiger partial charge on any atom is 0.251 e. The molecule has 0 bridgehead atoms. The second-order valence-corrected chi connectivity index (χ2v) is 5.50. The van der Waals surface area contributed by atoms with Gasteiger partial charge < -0.3 is 16.4 Å². The molecule has 0 saturated heterocycles. The first kappa shape index (κ1) is 15.8. The maximum absolute atomic E-state index is 13.6. The Morgan fingerprint density at radius 3 is 2.53 bits per heavy atom. The molecule has 0 aliphatic rings. The predicted molar refractivity (Wildman–Crippen MR) is 74.7 cm³/mol. The van der Waals surface area contributed by atoms with Crippen LogP contribution in [0, 0.1) is 5.82 Å². The van der Waals surface area contributed by atoms with Crippen LogP contribution in [0.5, 0.6) is 0 Å². The fraction of sp³-hybridized carbons (Fsp3) is 0.462. The molecule has 0 saturated carbocycles. The van der Waals surface area contributed by atoms with E-state index in [-0.39, 0.29) is 17.1 Å². The molecule has 1 rings (SSSR count). The zero-order valence-electron chi connectivity index (χ0n) is 11.2. The first-order valence-electron chi connectivity index (χ1n) is 6.02. The summed E-state index contributed by atoms with van der Waals surface area (Å²) in [6, 6.07) is 4.62. The van der Waals surface area contributed by atoms with Gasteiger partial charge in [0.05, 0.1) is 5.56 Å². The minimum absolute atomic E-state index is 0.0859. The minimum atomic E-state index is -0.757. The third kappa shape index (κ3) is 4.12. The van der Waals surface area contributed by atoms with Crippen LogP contribution in [-0.2, 0) is 6.42 Å². The highest BCUT2D eigenvalue weighted by molar-refractivity contribution is 6.12. The summed E-state index contributed by atoms with van der Waals surface area (Å²) in [5, 5.41) is 0. The average molecular weight is 280 g/mol. The Morgan fingerprint density at radius 1 is 1.47 bits per heavy atom. The van der Waals surface area contributed by atoms with Gasteiger partial charge in [0.1, 0.15) is 5.82 Å². The summed E-state index contributed by atoms with van der Waals surface area (Å²) in [5.41, 5.74) is 11.6. The van der Waals surface area contributed by atoms with Crippen LogP contribution in [0.1, 0.15) is 15.9 Å². The first-order chi connectivity index (χ1) is 8.86. The molecule has 103 valence electrons. The molecule has 0 heterocycles. The Kier molecular flexibility index (Phi) is 5.65. The van der Waals surface area contributed by atoms with Gasteiger partial charge in [0, 0.05) is 22.8 Å². The van der Waals surface area contributed by atoms with Crippen LogP contribution < -0.4 is 11.5 Å². The minimum Gasteiger partial charge on any atom is -0.366 e. The molecule has 0 aromatic heterocycles. The average Bonchev–Trinajstić information content (AvgIpc) is 2.28. The van der Waals surface area contributed by atoms with Crippen molar-refractivity contribution in [2.24, 2.45) is 11.5 Å². The Bertz CT molecular complexity index is 454. The van der Waals surface area contributed by atoms with Crippen LogP contribution in [-0.4, -0.2) is 47.7 Å². The lowest BCUT2D eigenvalue weighted by Crippen LogP contribution is -2.39. The molecule has 1 aromatic rings. The summed E-state index contributed by atoms with van der Waals surface area (Å²) in [6.07, 6.45) is 0.618. The quantitative estimate of drug-likeness (QED) is 0.737. The molecule has 1 aromatic carbocycles. The maximum atomic E-state index is 13.6. The SMILES string of the molecule is CN(C)[C@H](CN)[C@H]([Si])Cc1ccc(C(N)=O)c(F)c1. The van der Waals surface area contributed by atoms with E-state index in [9.17, 15) is 9.18 Å². The molecule has 0 aliphatic carbocycles. The number of halogens is 1. The zero-order valence-corrected chi connectivity index (χ0v) is 12.2. The summed E-state index contributed by atoms with van der Waals surface area (Å²) in [4.78, 5) is 13.0. The Hall–Kier alpha value is -1.24. The van der Waals surface area contributed by atoms with Crippen molar-refractivity contribution < 1.29 is 9.18 Å². The molecule has 0 fully saturated rings. The Labute approximate surface area is 116 Å². The highest BCUT2D eigenvalue weighted by Crippen LogP contribution is 2.19. The van der Waals surface area contributed by atoms with Crippen molar-refractivity contribution in [3.63, 3.8) is 0 Å². The van der Waals surface area contributed by atoms with E-state index >= 15 is 0 Å². The molecular formula is C13H19FN3OSi. The number of amides is 1. The summed E-state index contributed by atoms with van der Waals surface area (Å²) < 4.78 is 13.6. The number of hydrogen-bond acceptors (Lipinski definition) is 3. The largest absolute Gasteiger partial charge is 0.366 e. The number of benzene rings is 1. The smallest absolute Gasteiger partial charge is 0.251 e. The Balaban J connectivity index is 2.83. The lowest BCUT2D eigenvalue weighted by molar-refractivity contribution is 0.0996. The molecule has 4 N–H and O–H groups in total.